The van der Waals surface area contributed by atoms with Crippen LogP contribution in [0.15, 0.2) is 24.3 Å². The number of nitrogens with one attached hydrogen (secondary N) is 1. The molecule has 1 N–H and O–H groups in total. The van der Waals surface area contributed by atoms with E-state index in [4.69, 9.17) is 0 Å². The second-order valence-corrected chi connectivity index (χ2v) is 7.64. The van der Waals surface area contributed by atoms with E-state index in [9.17, 15) is 9.59 Å². The van der Waals surface area contributed by atoms with E-state index in [-0.39, 0.29) is 24.4 Å². The van der Waals surface area contributed by atoms with Gasteiger partial charge in [0.05, 0.1) is 19.1 Å². The number of piperazine rings is 1. The van der Waals surface area contributed by atoms with Crippen LogP contribution in [0.3, 0.4) is 0 Å². The molecule has 1 aliphatic heterocycles. The minimum atomic E-state index is -0.0241. The Morgan fingerprint density at radius 1 is 1.08 bits per heavy atom. The lowest BCUT2D eigenvalue weighted by Crippen LogP contribution is -2.51. The van der Waals surface area contributed by atoms with Gasteiger partial charge in [-0.3, -0.25) is 14.5 Å². The smallest absolute Gasteiger partial charge is 0.236 e. The lowest BCUT2D eigenvalue weighted by Gasteiger charge is -2.32. The number of carbonyl (C=O) groups excluding carboxylic acids is 2. The Morgan fingerprint density at radius 2 is 1.68 bits per heavy atom. The van der Waals surface area contributed by atoms with Crippen LogP contribution in [0.5, 0.6) is 0 Å². The van der Waals surface area contributed by atoms with Crippen molar-refractivity contribution in [3.8, 4) is 0 Å². The zero-order valence-electron chi connectivity index (χ0n) is 16.1. The average Bonchev–Trinajstić information content (AvgIpc) is 2.56. The van der Waals surface area contributed by atoms with Crippen molar-refractivity contribution >= 4 is 11.8 Å². The van der Waals surface area contributed by atoms with Crippen molar-refractivity contribution in [1.82, 2.24) is 15.1 Å². The van der Waals surface area contributed by atoms with Gasteiger partial charge in [0.1, 0.15) is 0 Å². The summed E-state index contributed by atoms with van der Waals surface area (Å²) < 4.78 is 0. The summed E-state index contributed by atoms with van der Waals surface area (Å²) in [5.41, 5.74) is 2.43. The fourth-order valence-corrected chi connectivity index (χ4v) is 3.09. The van der Waals surface area contributed by atoms with Crippen LogP contribution < -0.4 is 5.32 Å². The second kappa shape index (κ2) is 8.48. The van der Waals surface area contributed by atoms with Crippen LogP contribution >= 0.6 is 0 Å². The molecule has 0 bridgehead atoms. The molecule has 1 aromatic carbocycles. The van der Waals surface area contributed by atoms with E-state index >= 15 is 0 Å². The fourth-order valence-electron chi connectivity index (χ4n) is 3.09. The van der Waals surface area contributed by atoms with Gasteiger partial charge in [-0.1, -0.05) is 52.0 Å². The highest BCUT2D eigenvalue weighted by molar-refractivity contribution is 5.82. The zero-order valence-corrected chi connectivity index (χ0v) is 16.1. The third kappa shape index (κ3) is 5.30. The van der Waals surface area contributed by atoms with Crippen LogP contribution in [0.4, 0.5) is 0 Å². The summed E-state index contributed by atoms with van der Waals surface area (Å²) in [4.78, 5) is 27.9. The third-order valence-corrected chi connectivity index (χ3v) is 4.85. The quantitative estimate of drug-likeness (QED) is 0.861. The van der Waals surface area contributed by atoms with Crippen LogP contribution in [0, 0.1) is 5.92 Å². The van der Waals surface area contributed by atoms with Gasteiger partial charge in [-0.2, -0.15) is 0 Å². The molecule has 5 heteroatoms. The molecule has 1 aliphatic rings. The Bertz CT molecular complexity index is 595. The van der Waals surface area contributed by atoms with E-state index < -0.39 is 0 Å². The molecule has 2 rings (SSSR count). The Labute approximate surface area is 151 Å². The van der Waals surface area contributed by atoms with Crippen LogP contribution in [-0.2, 0) is 9.59 Å². The highest BCUT2D eigenvalue weighted by atomic mass is 16.2. The molecule has 1 fully saturated rings. The summed E-state index contributed by atoms with van der Waals surface area (Å²) in [5, 5.41) is 3.15. The lowest BCUT2D eigenvalue weighted by atomic mass is 9.93. The van der Waals surface area contributed by atoms with Gasteiger partial charge in [-0.05, 0) is 23.0 Å². The van der Waals surface area contributed by atoms with Gasteiger partial charge in [0.2, 0.25) is 11.8 Å². The molecule has 138 valence electrons. The third-order valence-electron chi connectivity index (χ3n) is 4.85. The molecular weight excluding hydrogens is 314 g/mol. The van der Waals surface area contributed by atoms with Crippen molar-refractivity contribution in [3.05, 3.63) is 35.4 Å². The minimum Gasteiger partial charge on any atom is -0.348 e. The van der Waals surface area contributed by atoms with Gasteiger partial charge < -0.3 is 10.2 Å². The summed E-state index contributed by atoms with van der Waals surface area (Å²) in [7, 11) is 1.80. The van der Waals surface area contributed by atoms with Crippen LogP contribution in [0.1, 0.15) is 50.8 Å². The maximum atomic E-state index is 12.5. The first-order chi connectivity index (χ1) is 11.8. The molecule has 2 amide bonds. The molecule has 1 unspecified atom stereocenters. The van der Waals surface area contributed by atoms with Crippen molar-refractivity contribution < 1.29 is 9.59 Å². The number of amides is 2. The standard InChI is InChI=1S/C20H31N3O2/c1-14(2)16-6-8-17(9-7-16)20(15(3)4)21-18(24)12-23-11-10-22(5)19(25)13-23/h6-9,14-15,20H,10-13H2,1-5H3,(H,21,24). The zero-order chi connectivity index (χ0) is 18.6. The molecule has 0 spiro atoms. The Hall–Kier alpha value is -1.88. The number of rotatable bonds is 6. The Morgan fingerprint density at radius 3 is 2.20 bits per heavy atom. The van der Waals surface area contributed by atoms with Gasteiger partial charge in [0.15, 0.2) is 0 Å². The Balaban J connectivity index is 1.98. The predicted molar refractivity (Wildman–Crippen MR) is 100 cm³/mol. The molecule has 0 saturated carbocycles. The topological polar surface area (TPSA) is 52.7 Å². The summed E-state index contributed by atoms with van der Waals surface area (Å²) in [6.45, 7) is 10.6. The number of nitrogens with zero attached hydrogens (tertiary/aromatic N) is 2. The first kappa shape index (κ1) is 19.4. The number of carbonyl (C=O) groups is 2. The van der Waals surface area contributed by atoms with Crippen molar-refractivity contribution in [1.29, 1.82) is 0 Å². The molecule has 5 nitrogen and oxygen atoms in total. The van der Waals surface area contributed by atoms with E-state index in [0.717, 1.165) is 12.1 Å². The molecule has 0 radical (unpaired) electrons. The maximum absolute atomic E-state index is 12.5. The van der Waals surface area contributed by atoms with Gasteiger partial charge in [0.25, 0.3) is 0 Å². The molecule has 1 aromatic rings. The molecule has 1 atom stereocenters. The summed E-state index contributed by atoms with van der Waals surface area (Å²) in [6.07, 6.45) is 0. The molecule has 0 aliphatic carbocycles. The fraction of sp³-hybridized carbons (Fsp3) is 0.600. The largest absolute Gasteiger partial charge is 0.348 e. The monoisotopic (exact) mass is 345 g/mol. The molecule has 0 aromatic heterocycles. The SMILES string of the molecule is CC(C)c1ccc(C(NC(=O)CN2CCN(C)C(=O)C2)C(C)C)cc1. The number of hydrogen-bond donors (Lipinski definition) is 1. The number of benzene rings is 1. The van der Waals surface area contributed by atoms with Crippen molar-refractivity contribution in [2.45, 2.75) is 39.7 Å². The molecular formula is C20H31N3O2. The van der Waals surface area contributed by atoms with Crippen molar-refractivity contribution in [3.63, 3.8) is 0 Å². The summed E-state index contributed by atoms with van der Waals surface area (Å²) >= 11 is 0. The number of likely N-dealkylation sites (N-methyl/N-ethyl adjacent to an activating group) is 1. The van der Waals surface area contributed by atoms with Gasteiger partial charge in [0, 0.05) is 20.1 Å². The number of hydrogen-bond acceptors (Lipinski definition) is 3. The van der Waals surface area contributed by atoms with Gasteiger partial charge in [-0.25, -0.2) is 0 Å². The summed E-state index contributed by atoms with van der Waals surface area (Å²) in [6, 6.07) is 8.48. The molecule has 1 saturated heterocycles. The van der Waals surface area contributed by atoms with E-state index in [1.54, 1.807) is 11.9 Å². The molecule has 25 heavy (non-hydrogen) atoms. The van der Waals surface area contributed by atoms with E-state index in [0.29, 0.717) is 24.9 Å². The molecule has 1 heterocycles. The van der Waals surface area contributed by atoms with Crippen LogP contribution in [0.25, 0.3) is 0 Å². The lowest BCUT2D eigenvalue weighted by molar-refractivity contribution is -0.135. The van der Waals surface area contributed by atoms with Gasteiger partial charge >= 0.3 is 0 Å². The normalized spacial score (nSPS) is 17.2. The van der Waals surface area contributed by atoms with E-state index in [1.165, 1.54) is 5.56 Å². The van der Waals surface area contributed by atoms with Crippen molar-refractivity contribution in [2.24, 2.45) is 5.92 Å². The predicted octanol–water partition coefficient (Wildman–Crippen LogP) is 2.40. The van der Waals surface area contributed by atoms with E-state index in [2.05, 4.69) is 57.3 Å². The van der Waals surface area contributed by atoms with Crippen LogP contribution in [-0.4, -0.2) is 54.8 Å². The highest BCUT2D eigenvalue weighted by Gasteiger charge is 2.24. The Kier molecular flexibility index (Phi) is 6.59. The van der Waals surface area contributed by atoms with E-state index in [1.807, 2.05) is 4.90 Å². The first-order valence-electron chi connectivity index (χ1n) is 9.13. The highest BCUT2D eigenvalue weighted by Crippen LogP contribution is 2.24. The van der Waals surface area contributed by atoms with Crippen molar-refractivity contribution in [2.75, 3.05) is 33.2 Å². The van der Waals surface area contributed by atoms with Crippen LogP contribution in [0.2, 0.25) is 0 Å². The first-order valence-corrected chi connectivity index (χ1v) is 9.13. The second-order valence-electron chi connectivity index (χ2n) is 7.64. The summed E-state index contributed by atoms with van der Waals surface area (Å²) in [5.74, 6) is 0.839. The van der Waals surface area contributed by atoms with Gasteiger partial charge in [-0.15, -0.1) is 0 Å². The maximum Gasteiger partial charge on any atom is 0.236 e. The average molecular weight is 345 g/mol. The minimum absolute atomic E-state index is 0.0168.